The summed E-state index contributed by atoms with van der Waals surface area (Å²) in [4.78, 5) is 31.4. The third-order valence-corrected chi connectivity index (χ3v) is 7.38. The molecule has 33 heavy (non-hydrogen) atoms. The van der Waals surface area contributed by atoms with Gasteiger partial charge in [0.1, 0.15) is 12.4 Å². The first-order chi connectivity index (χ1) is 15.8. The highest BCUT2D eigenvalue weighted by atomic mass is 35.5. The number of amides is 2. The van der Waals surface area contributed by atoms with E-state index in [1.807, 2.05) is 30.9 Å². The van der Waals surface area contributed by atoms with Crippen molar-refractivity contribution in [3.05, 3.63) is 51.2 Å². The third-order valence-electron chi connectivity index (χ3n) is 6.13. The molecule has 0 aliphatic carbocycles. The molecule has 0 bridgehead atoms. The molecule has 0 spiro atoms. The molecule has 2 amide bonds. The number of ether oxygens (including phenoxy) is 1. The Labute approximate surface area is 206 Å². The van der Waals surface area contributed by atoms with Crippen molar-refractivity contribution >= 4 is 34.8 Å². The van der Waals surface area contributed by atoms with Crippen LogP contribution < -0.4 is 4.74 Å². The number of halogens is 1. The Morgan fingerprint density at radius 2 is 1.94 bits per heavy atom. The fraction of sp³-hybridized carbons (Fsp3) is 0.538. The topological polar surface area (TPSA) is 49.9 Å². The lowest BCUT2D eigenvalue weighted by atomic mass is 10.00. The minimum atomic E-state index is -0.172. The van der Waals surface area contributed by atoms with Crippen LogP contribution in [-0.4, -0.2) is 47.9 Å². The average molecular weight is 491 g/mol. The van der Waals surface area contributed by atoms with Gasteiger partial charge >= 0.3 is 0 Å². The number of hydrogen-bond donors (Lipinski definition) is 0. The molecule has 1 aliphatic rings. The molecule has 0 radical (unpaired) electrons. The summed E-state index contributed by atoms with van der Waals surface area (Å²) in [5.41, 5.74) is 1.15. The summed E-state index contributed by atoms with van der Waals surface area (Å²) in [5, 5.41) is 2.74. The molecular formula is C26H35ClN2O3S. The Balaban J connectivity index is 1.76. The van der Waals surface area contributed by atoms with E-state index < -0.39 is 0 Å². The van der Waals surface area contributed by atoms with Gasteiger partial charge < -0.3 is 14.5 Å². The second kappa shape index (κ2) is 11.9. The van der Waals surface area contributed by atoms with Crippen molar-refractivity contribution in [1.82, 2.24) is 9.80 Å². The van der Waals surface area contributed by atoms with Crippen LogP contribution in [0.25, 0.3) is 0 Å². The van der Waals surface area contributed by atoms with E-state index in [-0.39, 0.29) is 30.3 Å². The third kappa shape index (κ3) is 6.97. The molecule has 0 saturated heterocycles. The summed E-state index contributed by atoms with van der Waals surface area (Å²) in [6.45, 7) is 10.0. The van der Waals surface area contributed by atoms with Gasteiger partial charge in [0.25, 0.3) is 0 Å². The van der Waals surface area contributed by atoms with Crippen LogP contribution in [0.3, 0.4) is 0 Å². The molecule has 3 rings (SSSR count). The zero-order chi connectivity index (χ0) is 24.0. The van der Waals surface area contributed by atoms with E-state index in [0.717, 1.165) is 24.2 Å². The molecule has 0 saturated carbocycles. The molecule has 2 atom stereocenters. The highest BCUT2D eigenvalue weighted by molar-refractivity contribution is 7.10. The summed E-state index contributed by atoms with van der Waals surface area (Å²) in [7, 11) is 0. The van der Waals surface area contributed by atoms with E-state index in [0.29, 0.717) is 37.1 Å². The van der Waals surface area contributed by atoms with Crippen LogP contribution in [0.15, 0.2) is 35.7 Å². The Bertz CT molecular complexity index is 928. The maximum Gasteiger partial charge on any atom is 0.242 e. The monoisotopic (exact) mass is 490 g/mol. The van der Waals surface area contributed by atoms with Crippen LogP contribution in [0.2, 0.25) is 5.02 Å². The van der Waals surface area contributed by atoms with Gasteiger partial charge in [-0.2, -0.15) is 0 Å². The number of carbonyl (C=O) groups excluding carboxylic acids is 2. The van der Waals surface area contributed by atoms with Gasteiger partial charge in [-0.1, -0.05) is 45.7 Å². The number of carbonyl (C=O) groups is 2. The SMILES string of the molecule is CCC(C)CN(CC(=O)N1CCc2sccc2C1COc1ccc(Cl)cc1)C(=O)CC(C)C. The van der Waals surface area contributed by atoms with Crippen molar-refractivity contribution < 1.29 is 14.3 Å². The first-order valence-electron chi connectivity index (χ1n) is 11.8. The molecule has 2 heterocycles. The van der Waals surface area contributed by atoms with Crippen LogP contribution in [0.1, 0.15) is 57.0 Å². The number of nitrogens with zero attached hydrogens (tertiary/aromatic N) is 2. The Morgan fingerprint density at radius 3 is 2.61 bits per heavy atom. The number of thiophene rings is 1. The van der Waals surface area contributed by atoms with Gasteiger partial charge in [-0.15, -0.1) is 11.3 Å². The molecule has 1 aliphatic heterocycles. The van der Waals surface area contributed by atoms with Gasteiger partial charge in [0, 0.05) is 29.4 Å². The lowest BCUT2D eigenvalue weighted by Crippen LogP contribution is -2.48. The van der Waals surface area contributed by atoms with Crippen LogP contribution in [0, 0.1) is 11.8 Å². The molecule has 2 unspecified atom stereocenters. The van der Waals surface area contributed by atoms with Crippen molar-refractivity contribution in [2.24, 2.45) is 11.8 Å². The van der Waals surface area contributed by atoms with E-state index in [9.17, 15) is 9.59 Å². The predicted octanol–water partition coefficient (Wildman–Crippen LogP) is 5.83. The number of fused-ring (bicyclic) bond motifs is 1. The predicted molar refractivity (Wildman–Crippen MR) is 135 cm³/mol. The molecule has 7 heteroatoms. The van der Waals surface area contributed by atoms with E-state index in [2.05, 4.69) is 25.3 Å². The molecule has 1 aromatic carbocycles. The van der Waals surface area contributed by atoms with Gasteiger partial charge in [-0.25, -0.2) is 0 Å². The normalized spacial score (nSPS) is 16.4. The highest BCUT2D eigenvalue weighted by Gasteiger charge is 2.33. The smallest absolute Gasteiger partial charge is 0.242 e. The molecule has 5 nitrogen and oxygen atoms in total. The zero-order valence-electron chi connectivity index (χ0n) is 20.1. The first kappa shape index (κ1) is 25.6. The zero-order valence-corrected chi connectivity index (χ0v) is 21.6. The number of hydrogen-bond acceptors (Lipinski definition) is 4. The summed E-state index contributed by atoms with van der Waals surface area (Å²) < 4.78 is 6.07. The molecule has 0 fully saturated rings. The molecule has 0 N–H and O–H groups in total. The van der Waals surface area contributed by atoms with Crippen molar-refractivity contribution in [2.75, 3.05) is 26.2 Å². The van der Waals surface area contributed by atoms with Gasteiger partial charge in [0.2, 0.25) is 11.8 Å². The van der Waals surface area contributed by atoms with Crippen LogP contribution >= 0.6 is 22.9 Å². The number of rotatable bonds is 10. The molecule has 1 aromatic heterocycles. The largest absolute Gasteiger partial charge is 0.491 e. The fourth-order valence-electron chi connectivity index (χ4n) is 4.07. The van der Waals surface area contributed by atoms with Crippen LogP contribution in [0.5, 0.6) is 5.75 Å². The second-order valence-corrected chi connectivity index (χ2v) is 10.7. The first-order valence-corrected chi connectivity index (χ1v) is 13.1. The van der Waals surface area contributed by atoms with E-state index in [1.54, 1.807) is 28.4 Å². The number of benzene rings is 1. The minimum absolute atomic E-state index is 0.0167. The Kier molecular flexibility index (Phi) is 9.21. The fourth-order valence-corrected chi connectivity index (χ4v) is 5.13. The summed E-state index contributed by atoms with van der Waals surface area (Å²) in [6, 6.07) is 9.19. The van der Waals surface area contributed by atoms with Gasteiger partial charge in [0.05, 0.1) is 12.6 Å². The Hall–Kier alpha value is -2.05. The Morgan fingerprint density at radius 1 is 1.21 bits per heavy atom. The minimum Gasteiger partial charge on any atom is -0.491 e. The van der Waals surface area contributed by atoms with Crippen molar-refractivity contribution in [3.63, 3.8) is 0 Å². The molecule has 180 valence electrons. The van der Waals surface area contributed by atoms with Crippen LogP contribution in [0.4, 0.5) is 0 Å². The van der Waals surface area contributed by atoms with E-state index >= 15 is 0 Å². The van der Waals surface area contributed by atoms with Gasteiger partial charge in [-0.3, -0.25) is 9.59 Å². The van der Waals surface area contributed by atoms with E-state index in [4.69, 9.17) is 16.3 Å². The lowest BCUT2D eigenvalue weighted by molar-refractivity contribution is -0.143. The van der Waals surface area contributed by atoms with Gasteiger partial charge in [0.15, 0.2) is 0 Å². The average Bonchev–Trinajstić information content (AvgIpc) is 3.26. The molecular weight excluding hydrogens is 456 g/mol. The lowest BCUT2D eigenvalue weighted by Gasteiger charge is -2.37. The quantitative estimate of drug-likeness (QED) is 0.421. The van der Waals surface area contributed by atoms with Crippen molar-refractivity contribution in [1.29, 1.82) is 0 Å². The summed E-state index contributed by atoms with van der Waals surface area (Å²) in [5.74, 6) is 1.37. The summed E-state index contributed by atoms with van der Waals surface area (Å²) in [6.07, 6.45) is 2.27. The highest BCUT2D eigenvalue weighted by Crippen LogP contribution is 2.34. The van der Waals surface area contributed by atoms with Crippen LogP contribution in [-0.2, 0) is 16.0 Å². The van der Waals surface area contributed by atoms with Crippen molar-refractivity contribution in [2.45, 2.75) is 53.0 Å². The van der Waals surface area contributed by atoms with Crippen molar-refractivity contribution in [3.8, 4) is 5.75 Å². The standard InChI is InChI=1S/C26H35ClN2O3S/c1-5-19(4)15-28(25(30)14-18(2)3)16-26(31)29-12-10-24-22(11-13-33-24)23(29)17-32-21-8-6-20(27)7-9-21/h6-9,11,13,18-19,23H,5,10,12,14-17H2,1-4H3. The molecule has 2 aromatic rings. The second-order valence-electron chi connectivity index (χ2n) is 9.30. The summed E-state index contributed by atoms with van der Waals surface area (Å²) >= 11 is 7.72. The van der Waals surface area contributed by atoms with E-state index in [1.165, 1.54) is 4.88 Å². The maximum absolute atomic E-state index is 13.5. The maximum atomic E-state index is 13.5. The van der Waals surface area contributed by atoms with Gasteiger partial charge in [-0.05, 0) is 59.5 Å².